The summed E-state index contributed by atoms with van der Waals surface area (Å²) < 4.78 is 2.23. The smallest absolute Gasteiger partial charge is 0.282 e. The van der Waals surface area contributed by atoms with E-state index in [1.165, 1.54) is 16.8 Å². The van der Waals surface area contributed by atoms with Crippen LogP contribution in [0.25, 0.3) is 0 Å². The highest BCUT2D eigenvalue weighted by atomic mass is 32.2. The van der Waals surface area contributed by atoms with Crippen molar-refractivity contribution in [2.24, 2.45) is 0 Å². The van der Waals surface area contributed by atoms with Gasteiger partial charge in [0.15, 0.2) is 0 Å². The largest absolute Gasteiger partial charge is 0.328 e. The molecule has 2 amide bonds. The fourth-order valence-corrected chi connectivity index (χ4v) is 6.24. The number of fused-ring (bicyclic) bond motifs is 1. The molecule has 0 radical (unpaired) electrons. The van der Waals surface area contributed by atoms with E-state index in [9.17, 15) is 14.4 Å². The van der Waals surface area contributed by atoms with Gasteiger partial charge < -0.3 is 4.31 Å². The quantitative estimate of drug-likeness (QED) is 0.808. The number of benzene rings is 1. The van der Waals surface area contributed by atoms with E-state index in [-0.39, 0.29) is 11.1 Å². The van der Waals surface area contributed by atoms with Gasteiger partial charge in [0.2, 0.25) is 5.91 Å². The molecule has 128 valence electrons. The topological polar surface area (TPSA) is 66.5 Å². The number of hydrogen-bond donors (Lipinski definition) is 2. The van der Waals surface area contributed by atoms with Gasteiger partial charge in [-0.1, -0.05) is 23.2 Å². The second-order valence-electron chi connectivity index (χ2n) is 6.76. The summed E-state index contributed by atoms with van der Waals surface area (Å²) in [7, 11) is 0. The van der Waals surface area contributed by atoms with Gasteiger partial charge in [-0.3, -0.25) is 19.7 Å². The molecule has 5 nitrogen and oxygen atoms in total. The van der Waals surface area contributed by atoms with Crippen molar-refractivity contribution in [3.05, 3.63) is 29.3 Å². The van der Waals surface area contributed by atoms with E-state index in [0.29, 0.717) is 36.7 Å². The van der Waals surface area contributed by atoms with E-state index in [0.717, 1.165) is 25.8 Å². The maximum Gasteiger partial charge on any atom is 0.282 e. The number of nitrogens with zero attached hydrogens (tertiary/aromatic N) is 1. The van der Waals surface area contributed by atoms with Crippen LogP contribution in [0.3, 0.4) is 0 Å². The highest BCUT2D eigenvalue weighted by molar-refractivity contribution is 8.30. The lowest BCUT2D eigenvalue weighted by molar-refractivity contribution is -0.121. The Morgan fingerprint density at radius 3 is 2.58 bits per heavy atom. The summed E-state index contributed by atoms with van der Waals surface area (Å²) in [5.74, 6) is 1.35. The van der Waals surface area contributed by atoms with Crippen molar-refractivity contribution in [1.82, 2.24) is 5.32 Å². The summed E-state index contributed by atoms with van der Waals surface area (Å²) >= 11 is -0.976. The average molecular weight is 346 g/mol. The van der Waals surface area contributed by atoms with E-state index in [1.807, 2.05) is 0 Å². The van der Waals surface area contributed by atoms with Crippen molar-refractivity contribution < 1.29 is 14.4 Å². The minimum absolute atomic E-state index is 0.109. The second-order valence-corrected chi connectivity index (χ2v) is 8.89. The van der Waals surface area contributed by atoms with Crippen LogP contribution < -0.4 is 9.62 Å². The molecular formula is C18H22N2O3S. The Bertz CT molecular complexity index is 708. The number of thiol groups is 1. The molecule has 1 atom stereocenters. The zero-order chi connectivity index (χ0) is 16.7. The standard InChI is InChI=1S/C18H22N2O3S/c21-13-6-4-12(5-7-13)14-2-1-3-16-15(14)8-10-20(16)24-11-9-17(22)19-18(24)23/h1-3,12,24H,4-11H2,(H,19,22,23). The lowest BCUT2D eigenvalue weighted by Gasteiger charge is -2.35. The fourth-order valence-electron chi connectivity index (χ4n) is 4.11. The van der Waals surface area contributed by atoms with Gasteiger partial charge in [0, 0.05) is 37.2 Å². The fraction of sp³-hybridized carbons (Fsp3) is 0.500. The van der Waals surface area contributed by atoms with Gasteiger partial charge >= 0.3 is 0 Å². The van der Waals surface area contributed by atoms with Crippen LogP contribution in [0.2, 0.25) is 0 Å². The molecule has 24 heavy (non-hydrogen) atoms. The zero-order valence-electron chi connectivity index (χ0n) is 13.6. The van der Waals surface area contributed by atoms with Gasteiger partial charge in [-0.05, 0) is 42.4 Å². The maximum atomic E-state index is 12.2. The van der Waals surface area contributed by atoms with Crippen LogP contribution in [0, 0.1) is 0 Å². The summed E-state index contributed by atoms with van der Waals surface area (Å²) in [6, 6.07) is 6.37. The first-order valence-corrected chi connectivity index (χ1v) is 10.1. The lowest BCUT2D eigenvalue weighted by atomic mass is 9.81. The molecule has 1 aromatic carbocycles. The second kappa shape index (κ2) is 6.24. The Morgan fingerprint density at radius 1 is 1.04 bits per heavy atom. The van der Waals surface area contributed by atoms with Gasteiger partial charge in [0.25, 0.3) is 5.24 Å². The third-order valence-corrected chi connectivity index (χ3v) is 7.57. The minimum Gasteiger partial charge on any atom is -0.328 e. The molecule has 1 unspecified atom stereocenters. The molecule has 2 heterocycles. The van der Waals surface area contributed by atoms with Crippen LogP contribution in [0.1, 0.15) is 49.1 Å². The first-order chi connectivity index (χ1) is 11.6. The molecule has 1 N–H and O–H groups in total. The van der Waals surface area contributed by atoms with E-state index >= 15 is 0 Å². The number of Topliss-reactive ketones (excluding diaryl/α,β-unsaturated/α-hetero) is 1. The third-order valence-electron chi connectivity index (χ3n) is 5.35. The Hall–Kier alpha value is -1.82. The monoisotopic (exact) mass is 346 g/mol. The van der Waals surface area contributed by atoms with E-state index in [4.69, 9.17) is 0 Å². The van der Waals surface area contributed by atoms with Gasteiger partial charge in [-0.2, -0.15) is 0 Å². The molecule has 1 aromatic rings. The number of anilines is 1. The van der Waals surface area contributed by atoms with Crippen molar-refractivity contribution in [1.29, 1.82) is 0 Å². The van der Waals surface area contributed by atoms with Crippen LogP contribution >= 0.6 is 11.1 Å². The Labute approximate surface area is 144 Å². The van der Waals surface area contributed by atoms with Crippen LogP contribution in [-0.2, 0) is 16.0 Å². The summed E-state index contributed by atoms with van der Waals surface area (Å²) in [5.41, 5.74) is 3.88. The van der Waals surface area contributed by atoms with Crippen LogP contribution in [0.15, 0.2) is 18.2 Å². The van der Waals surface area contributed by atoms with E-state index < -0.39 is 11.1 Å². The molecule has 0 aromatic heterocycles. The number of hydrogen-bond acceptors (Lipinski definition) is 4. The lowest BCUT2D eigenvalue weighted by Crippen LogP contribution is -2.40. The van der Waals surface area contributed by atoms with Gasteiger partial charge in [-0.25, -0.2) is 0 Å². The number of imide groups is 1. The summed E-state index contributed by atoms with van der Waals surface area (Å²) in [6.45, 7) is 0.852. The Morgan fingerprint density at radius 2 is 1.83 bits per heavy atom. The molecular weight excluding hydrogens is 324 g/mol. The van der Waals surface area contributed by atoms with E-state index in [2.05, 4.69) is 27.8 Å². The van der Waals surface area contributed by atoms with Crippen molar-refractivity contribution in [3.8, 4) is 0 Å². The predicted molar refractivity (Wildman–Crippen MR) is 95.7 cm³/mol. The number of amides is 2. The molecule has 1 saturated carbocycles. The van der Waals surface area contributed by atoms with Gasteiger partial charge in [-0.15, -0.1) is 0 Å². The minimum atomic E-state index is -0.976. The molecule has 4 rings (SSSR count). The maximum absolute atomic E-state index is 12.2. The van der Waals surface area contributed by atoms with E-state index in [1.54, 1.807) is 0 Å². The van der Waals surface area contributed by atoms with Gasteiger partial charge in [0.1, 0.15) is 5.78 Å². The van der Waals surface area contributed by atoms with Crippen molar-refractivity contribution in [2.75, 3.05) is 16.6 Å². The molecule has 3 aliphatic rings. The van der Waals surface area contributed by atoms with Crippen molar-refractivity contribution in [2.45, 2.75) is 44.4 Å². The zero-order valence-corrected chi connectivity index (χ0v) is 14.5. The first kappa shape index (κ1) is 15.7. The van der Waals surface area contributed by atoms with Crippen LogP contribution in [0.4, 0.5) is 10.5 Å². The Kier molecular flexibility index (Phi) is 4.08. The molecule has 6 heteroatoms. The number of rotatable bonds is 2. The highest BCUT2D eigenvalue weighted by Crippen LogP contribution is 2.46. The number of carbonyl (C=O) groups excluding carboxylic acids is 3. The molecule has 2 aliphatic heterocycles. The molecule has 2 fully saturated rings. The third kappa shape index (κ3) is 2.73. The molecule has 1 aliphatic carbocycles. The highest BCUT2D eigenvalue weighted by Gasteiger charge is 2.34. The van der Waals surface area contributed by atoms with Crippen molar-refractivity contribution in [3.63, 3.8) is 0 Å². The summed E-state index contributed by atoms with van der Waals surface area (Å²) in [5, 5.41) is 2.38. The van der Waals surface area contributed by atoms with Crippen LogP contribution in [0.5, 0.6) is 0 Å². The van der Waals surface area contributed by atoms with Crippen molar-refractivity contribution >= 4 is 33.7 Å². The Balaban J connectivity index is 1.60. The SMILES string of the molecule is O=C1CCC(c2cccc3c2CCN3[SH]2CCC(=O)NC2=O)CC1. The normalized spacial score (nSPS) is 26.4. The number of ketones is 1. The summed E-state index contributed by atoms with van der Waals surface area (Å²) in [4.78, 5) is 35.2. The average Bonchev–Trinajstić information content (AvgIpc) is 3.00. The first-order valence-electron chi connectivity index (χ1n) is 8.66. The number of carbonyl (C=O) groups is 3. The number of nitrogens with one attached hydrogen (secondary N) is 1. The molecule has 0 spiro atoms. The van der Waals surface area contributed by atoms with Crippen LogP contribution in [-0.4, -0.2) is 29.2 Å². The molecule has 0 bridgehead atoms. The summed E-state index contributed by atoms with van der Waals surface area (Å²) in [6.07, 6.45) is 4.66. The van der Waals surface area contributed by atoms with Gasteiger partial charge in [0.05, 0.1) is 0 Å². The predicted octanol–water partition coefficient (Wildman–Crippen LogP) is 2.83. The molecule has 1 saturated heterocycles.